The molecule has 0 aromatic heterocycles. The zero-order chi connectivity index (χ0) is 14.8. The Labute approximate surface area is 125 Å². The Kier molecular flexibility index (Phi) is 4.24. The third-order valence-corrected chi connectivity index (χ3v) is 4.54. The summed E-state index contributed by atoms with van der Waals surface area (Å²) in [5, 5.41) is 3.38. The summed E-state index contributed by atoms with van der Waals surface area (Å²) < 4.78 is 13.9. The van der Waals surface area contributed by atoms with Crippen molar-refractivity contribution in [2.75, 3.05) is 6.54 Å². The van der Waals surface area contributed by atoms with Crippen molar-refractivity contribution in [1.82, 2.24) is 10.2 Å². The molecule has 3 rings (SSSR count). The van der Waals surface area contributed by atoms with Crippen LogP contribution in [0.5, 0.6) is 0 Å². The summed E-state index contributed by atoms with van der Waals surface area (Å²) in [7, 11) is 0. The molecule has 1 aromatic carbocycles. The van der Waals surface area contributed by atoms with Gasteiger partial charge in [-0.1, -0.05) is 18.2 Å². The van der Waals surface area contributed by atoms with Crippen LogP contribution in [0, 0.1) is 11.7 Å². The Morgan fingerprint density at radius 2 is 2.10 bits per heavy atom. The average molecular weight is 290 g/mol. The highest BCUT2D eigenvalue weighted by Crippen LogP contribution is 2.32. The van der Waals surface area contributed by atoms with Gasteiger partial charge in [0.15, 0.2) is 0 Å². The third kappa shape index (κ3) is 3.43. The highest BCUT2D eigenvalue weighted by atomic mass is 19.1. The van der Waals surface area contributed by atoms with E-state index in [0.29, 0.717) is 24.2 Å². The fourth-order valence-corrected chi connectivity index (χ4v) is 3.17. The van der Waals surface area contributed by atoms with Crippen molar-refractivity contribution in [2.45, 2.75) is 51.2 Å². The van der Waals surface area contributed by atoms with Gasteiger partial charge in [0.1, 0.15) is 5.82 Å². The Morgan fingerprint density at radius 3 is 2.76 bits per heavy atom. The molecule has 0 radical (unpaired) electrons. The number of nitrogens with one attached hydrogen (secondary N) is 1. The monoisotopic (exact) mass is 290 g/mol. The van der Waals surface area contributed by atoms with Crippen molar-refractivity contribution in [1.29, 1.82) is 0 Å². The van der Waals surface area contributed by atoms with Crippen LogP contribution in [-0.2, 0) is 11.3 Å². The number of hydrogen-bond donors (Lipinski definition) is 1. The van der Waals surface area contributed by atoms with Crippen LogP contribution in [0.25, 0.3) is 0 Å². The maximum atomic E-state index is 13.9. The lowest BCUT2D eigenvalue weighted by atomic mass is 9.91. The minimum Gasteiger partial charge on any atom is -0.335 e. The van der Waals surface area contributed by atoms with Gasteiger partial charge in [-0.15, -0.1) is 0 Å². The quantitative estimate of drug-likeness (QED) is 0.924. The van der Waals surface area contributed by atoms with Crippen LogP contribution < -0.4 is 5.32 Å². The molecule has 0 bridgehead atoms. The molecule has 0 spiro atoms. The molecule has 2 unspecified atom stereocenters. The highest BCUT2D eigenvalue weighted by molar-refractivity contribution is 5.79. The lowest BCUT2D eigenvalue weighted by Gasteiger charge is -2.32. The Bertz CT molecular complexity index is 515. The van der Waals surface area contributed by atoms with Gasteiger partial charge in [-0.05, 0) is 45.2 Å². The van der Waals surface area contributed by atoms with E-state index in [4.69, 9.17) is 0 Å². The molecular formula is C17H23FN2O. The number of halogens is 1. The van der Waals surface area contributed by atoms with Gasteiger partial charge in [0.05, 0.1) is 0 Å². The zero-order valence-corrected chi connectivity index (χ0v) is 12.5. The topological polar surface area (TPSA) is 32.3 Å². The highest BCUT2D eigenvalue weighted by Gasteiger charge is 2.37. The summed E-state index contributed by atoms with van der Waals surface area (Å²) in [6, 6.07) is 7.49. The van der Waals surface area contributed by atoms with Crippen molar-refractivity contribution in [3.63, 3.8) is 0 Å². The standard InChI is InChI=1S/C17H23FN2O/c1-12-10-13(8-9-19-12)17(21)20(15-6-7-15)11-14-4-2-3-5-16(14)18/h2-5,12-13,15,19H,6-11H2,1H3. The fourth-order valence-electron chi connectivity index (χ4n) is 3.17. The number of carbonyl (C=O) groups is 1. The first-order valence-corrected chi connectivity index (χ1v) is 7.92. The molecule has 1 amide bonds. The largest absolute Gasteiger partial charge is 0.335 e. The van der Waals surface area contributed by atoms with E-state index in [9.17, 15) is 9.18 Å². The Morgan fingerprint density at radius 1 is 1.33 bits per heavy atom. The molecule has 2 atom stereocenters. The molecule has 2 fully saturated rings. The van der Waals surface area contributed by atoms with E-state index in [1.54, 1.807) is 12.1 Å². The van der Waals surface area contributed by atoms with E-state index in [0.717, 1.165) is 32.2 Å². The summed E-state index contributed by atoms with van der Waals surface area (Å²) >= 11 is 0. The van der Waals surface area contributed by atoms with E-state index in [2.05, 4.69) is 12.2 Å². The predicted octanol–water partition coefficient (Wildman–Crippen LogP) is 2.70. The fraction of sp³-hybridized carbons (Fsp3) is 0.588. The Hall–Kier alpha value is -1.42. The summed E-state index contributed by atoms with van der Waals surface area (Å²) in [6.45, 7) is 3.43. The maximum absolute atomic E-state index is 13.9. The molecule has 2 aliphatic rings. The maximum Gasteiger partial charge on any atom is 0.226 e. The second-order valence-electron chi connectivity index (χ2n) is 6.37. The minimum atomic E-state index is -0.213. The molecule has 3 nitrogen and oxygen atoms in total. The van der Waals surface area contributed by atoms with Crippen molar-refractivity contribution < 1.29 is 9.18 Å². The van der Waals surface area contributed by atoms with Crippen LogP contribution in [0.1, 0.15) is 38.2 Å². The van der Waals surface area contributed by atoms with E-state index in [1.165, 1.54) is 6.07 Å². The first kappa shape index (κ1) is 14.5. The molecule has 4 heteroatoms. The molecule has 1 aliphatic heterocycles. The third-order valence-electron chi connectivity index (χ3n) is 4.54. The molecule has 1 heterocycles. The summed E-state index contributed by atoms with van der Waals surface area (Å²) in [5.74, 6) is 0.0948. The van der Waals surface area contributed by atoms with E-state index < -0.39 is 0 Å². The first-order valence-electron chi connectivity index (χ1n) is 7.92. The number of hydrogen-bond acceptors (Lipinski definition) is 2. The number of carbonyl (C=O) groups excluding carboxylic acids is 1. The molecule has 1 saturated heterocycles. The molecule has 114 valence electrons. The number of piperidine rings is 1. The normalized spacial score (nSPS) is 25.6. The van der Waals surface area contributed by atoms with Crippen molar-refractivity contribution in [3.05, 3.63) is 35.6 Å². The van der Waals surface area contributed by atoms with Crippen LogP contribution >= 0.6 is 0 Å². The van der Waals surface area contributed by atoms with Gasteiger partial charge in [-0.3, -0.25) is 4.79 Å². The first-order chi connectivity index (χ1) is 10.1. The number of nitrogens with zero attached hydrogens (tertiary/aromatic N) is 1. The van der Waals surface area contributed by atoms with Gasteiger partial charge >= 0.3 is 0 Å². The van der Waals surface area contributed by atoms with Crippen molar-refractivity contribution in [3.8, 4) is 0 Å². The van der Waals surface area contributed by atoms with Gasteiger partial charge in [-0.2, -0.15) is 0 Å². The Balaban J connectivity index is 1.72. The summed E-state index contributed by atoms with van der Waals surface area (Å²) in [5.41, 5.74) is 0.625. The average Bonchev–Trinajstić information content (AvgIpc) is 3.30. The smallest absolute Gasteiger partial charge is 0.226 e. The lowest BCUT2D eigenvalue weighted by molar-refractivity contribution is -0.138. The number of rotatable bonds is 4. The van der Waals surface area contributed by atoms with Gasteiger partial charge in [-0.25, -0.2) is 4.39 Å². The molecule has 1 N–H and O–H groups in total. The lowest BCUT2D eigenvalue weighted by Crippen LogP contribution is -2.44. The molecule has 1 aliphatic carbocycles. The molecule has 21 heavy (non-hydrogen) atoms. The van der Waals surface area contributed by atoms with Gasteiger partial charge in [0.2, 0.25) is 5.91 Å². The van der Waals surface area contributed by atoms with Crippen LogP contribution in [0.2, 0.25) is 0 Å². The summed E-state index contributed by atoms with van der Waals surface area (Å²) in [6.07, 6.45) is 3.89. The second-order valence-corrected chi connectivity index (χ2v) is 6.37. The van der Waals surface area contributed by atoms with E-state index >= 15 is 0 Å². The number of benzene rings is 1. The van der Waals surface area contributed by atoms with Crippen LogP contribution in [-0.4, -0.2) is 29.4 Å². The minimum absolute atomic E-state index is 0.0913. The predicted molar refractivity (Wildman–Crippen MR) is 80.2 cm³/mol. The summed E-state index contributed by atoms with van der Waals surface area (Å²) in [4.78, 5) is 14.7. The van der Waals surface area contributed by atoms with Crippen LogP contribution in [0.15, 0.2) is 24.3 Å². The van der Waals surface area contributed by atoms with Crippen molar-refractivity contribution >= 4 is 5.91 Å². The number of amides is 1. The molecular weight excluding hydrogens is 267 g/mol. The van der Waals surface area contributed by atoms with E-state index in [-0.39, 0.29) is 17.6 Å². The van der Waals surface area contributed by atoms with Gasteiger partial charge < -0.3 is 10.2 Å². The second kappa shape index (κ2) is 6.14. The van der Waals surface area contributed by atoms with E-state index in [1.807, 2.05) is 11.0 Å². The van der Waals surface area contributed by atoms with Gasteiger partial charge in [0.25, 0.3) is 0 Å². The van der Waals surface area contributed by atoms with Crippen LogP contribution in [0.3, 0.4) is 0 Å². The SMILES string of the molecule is CC1CC(C(=O)N(Cc2ccccc2F)C2CC2)CCN1. The molecule has 1 aromatic rings. The zero-order valence-electron chi connectivity index (χ0n) is 12.5. The van der Waals surface area contributed by atoms with Gasteiger partial charge in [0, 0.05) is 30.1 Å². The van der Waals surface area contributed by atoms with Crippen molar-refractivity contribution in [2.24, 2.45) is 5.92 Å². The molecule has 1 saturated carbocycles. The van der Waals surface area contributed by atoms with Crippen LogP contribution in [0.4, 0.5) is 4.39 Å².